The summed E-state index contributed by atoms with van der Waals surface area (Å²) in [6.45, 7) is 3.01. The first-order chi connectivity index (χ1) is 14.2. The van der Waals surface area contributed by atoms with Gasteiger partial charge in [-0.25, -0.2) is 9.97 Å². The van der Waals surface area contributed by atoms with E-state index in [0.29, 0.717) is 18.1 Å². The van der Waals surface area contributed by atoms with Crippen LogP contribution in [0, 0.1) is 11.8 Å². The van der Waals surface area contributed by atoms with Crippen molar-refractivity contribution in [1.29, 1.82) is 0 Å². The molecule has 3 heterocycles. The lowest BCUT2D eigenvalue weighted by Crippen LogP contribution is -2.07. The standard InChI is InChI=1S/C22H21N5O2/c1-17(28)22-24-10-13-27(22)15-20-14-21(29-25-20)19-7-5-18(6-8-19)4-2-3-11-26-12-9-23-16-26/h5-10,12-14,16-17,28H,3,11,15H2,1H3/t17-/m0/s1. The number of aliphatic hydroxyl groups excluding tert-OH is 1. The van der Waals surface area contributed by atoms with E-state index in [0.717, 1.165) is 29.8 Å². The van der Waals surface area contributed by atoms with Crippen LogP contribution in [0.25, 0.3) is 11.3 Å². The molecule has 0 saturated heterocycles. The highest BCUT2D eigenvalue weighted by atomic mass is 16.5. The van der Waals surface area contributed by atoms with Gasteiger partial charge in [0.15, 0.2) is 5.76 Å². The average molecular weight is 387 g/mol. The third-order valence-corrected chi connectivity index (χ3v) is 4.47. The van der Waals surface area contributed by atoms with Crippen LogP contribution in [0.4, 0.5) is 0 Å². The van der Waals surface area contributed by atoms with E-state index in [1.54, 1.807) is 25.6 Å². The van der Waals surface area contributed by atoms with Crippen molar-refractivity contribution in [2.24, 2.45) is 0 Å². The van der Waals surface area contributed by atoms with Crippen LogP contribution >= 0.6 is 0 Å². The number of imidazole rings is 2. The highest BCUT2D eigenvalue weighted by molar-refractivity contribution is 5.59. The smallest absolute Gasteiger partial charge is 0.167 e. The Morgan fingerprint density at radius 2 is 2.03 bits per heavy atom. The molecule has 0 aliphatic rings. The molecule has 3 aromatic heterocycles. The number of hydrogen-bond donors (Lipinski definition) is 1. The zero-order valence-corrected chi connectivity index (χ0v) is 16.1. The fourth-order valence-electron chi connectivity index (χ4n) is 3.01. The summed E-state index contributed by atoms with van der Waals surface area (Å²) >= 11 is 0. The zero-order valence-electron chi connectivity index (χ0n) is 16.1. The molecule has 7 nitrogen and oxygen atoms in total. The molecule has 29 heavy (non-hydrogen) atoms. The summed E-state index contributed by atoms with van der Waals surface area (Å²) in [5, 5.41) is 13.9. The minimum atomic E-state index is -0.634. The van der Waals surface area contributed by atoms with Crippen molar-refractivity contribution in [3.63, 3.8) is 0 Å². The van der Waals surface area contributed by atoms with Crippen LogP contribution in [-0.2, 0) is 13.1 Å². The summed E-state index contributed by atoms with van der Waals surface area (Å²) in [6.07, 6.45) is 9.11. The number of rotatable bonds is 6. The number of aryl methyl sites for hydroxylation is 1. The first-order valence-corrected chi connectivity index (χ1v) is 9.39. The van der Waals surface area contributed by atoms with E-state index in [9.17, 15) is 5.11 Å². The third kappa shape index (κ3) is 4.62. The SMILES string of the molecule is C[C@H](O)c1nccn1Cc1cc(-c2ccc(C#CCCn3ccnc3)cc2)on1. The van der Waals surface area contributed by atoms with E-state index < -0.39 is 6.10 Å². The highest BCUT2D eigenvalue weighted by Crippen LogP contribution is 2.22. The monoisotopic (exact) mass is 387 g/mol. The van der Waals surface area contributed by atoms with Crippen molar-refractivity contribution in [3.05, 3.63) is 78.5 Å². The second-order valence-corrected chi connectivity index (χ2v) is 6.70. The molecule has 0 bridgehead atoms. The molecule has 0 saturated carbocycles. The minimum absolute atomic E-state index is 0.490. The van der Waals surface area contributed by atoms with Gasteiger partial charge in [0.05, 0.1) is 12.9 Å². The fraction of sp³-hybridized carbons (Fsp3) is 0.227. The van der Waals surface area contributed by atoms with E-state index >= 15 is 0 Å². The van der Waals surface area contributed by atoms with Crippen LogP contribution in [0.3, 0.4) is 0 Å². The molecule has 0 spiro atoms. The van der Waals surface area contributed by atoms with E-state index in [1.165, 1.54) is 0 Å². The van der Waals surface area contributed by atoms with Gasteiger partial charge in [0, 0.05) is 54.9 Å². The molecule has 0 fully saturated rings. The maximum Gasteiger partial charge on any atom is 0.167 e. The van der Waals surface area contributed by atoms with Crippen LogP contribution in [0.5, 0.6) is 0 Å². The van der Waals surface area contributed by atoms with Crippen LogP contribution < -0.4 is 0 Å². The zero-order chi connectivity index (χ0) is 20.1. The summed E-state index contributed by atoms with van der Waals surface area (Å²) in [7, 11) is 0. The van der Waals surface area contributed by atoms with Crippen molar-refractivity contribution in [2.45, 2.75) is 32.5 Å². The predicted molar refractivity (Wildman–Crippen MR) is 108 cm³/mol. The Bertz CT molecular complexity index is 1110. The maximum atomic E-state index is 9.76. The molecule has 146 valence electrons. The van der Waals surface area contributed by atoms with Gasteiger partial charge < -0.3 is 18.8 Å². The topological polar surface area (TPSA) is 81.9 Å². The number of hydrogen-bond acceptors (Lipinski definition) is 5. The van der Waals surface area contributed by atoms with Crippen molar-refractivity contribution in [3.8, 4) is 23.2 Å². The average Bonchev–Trinajstić information content (AvgIpc) is 3.48. The summed E-state index contributed by atoms with van der Waals surface area (Å²) in [5.74, 6) is 7.65. The van der Waals surface area contributed by atoms with E-state index in [-0.39, 0.29) is 0 Å². The van der Waals surface area contributed by atoms with Crippen molar-refractivity contribution < 1.29 is 9.63 Å². The molecular formula is C22H21N5O2. The van der Waals surface area contributed by atoms with Gasteiger partial charge in [0.25, 0.3) is 0 Å². The van der Waals surface area contributed by atoms with Gasteiger partial charge in [-0.1, -0.05) is 17.0 Å². The third-order valence-electron chi connectivity index (χ3n) is 4.47. The first kappa shape index (κ1) is 18.7. The van der Waals surface area contributed by atoms with Crippen molar-refractivity contribution in [2.75, 3.05) is 0 Å². The predicted octanol–water partition coefficient (Wildman–Crippen LogP) is 3.28. The van der Waals surface area contributed by atoms with E-state index in [2.05, 4.69) is 27.0 Å². The Morgan fingerprint density at radius 3 is 2.79 bits per heavy atom. The van der Waals surface area contributed by atoms with Crippen LogP contribution in [0.1, 0.15) is 36.5 Å². The minimum Gasteiger partial charge on any atom is -0.385 e. The summed E-state index contributed by atoms with van der Waals surface area (Å²) in [6, 6.07) is 9.80. The van der Waals surface area contributed by atoms with Gasteiger partial charge in [-0.15, -0.1) is 0 Å². The Balaban J connectivity index is 1.39. The molecule has 7 heteroatoms. The largest absolute Gasteiger partial charge is 0.385 e. The normalized spacial score (nSPS) is 11.8. The lowest BCUT2D eigenvalue weighted by atomic mass is 10.1. The number of benzene rings is 1. The lowest BCUT2D eigenvalue weighted by Gasteiger charge is -2.07. The van der Waals surface area contributed by atoms with Gasteiger partial charge in [-0.3, -0.25) is 0 Å². The molecule has 0 amide bonds. The van der Waals surface area contributed by atoms with Gasteiger partial charge >= 0.3 is 0 Å². The second-order valence-electron chi connectivity index (χ2n) is 6.70. The van der Waals surface area contributed by atoms with Gasteiger partial charge in [0.1, 0.15) is 17.6 Å². The highest BCUT2D eigenvalue weighted by Gasteiger charge is 2.12. The molecular weight excluding hydrogens is 366 g/mol. The molecule has 0 aliphatic carbocycles. The van der Waals surface area contributed by atoms with Crippen molar-refractivity contribution >= 4 is 0 Å². The molecule has 4 rings (SSSR count). The molecule has 4 aromatic rings. The summed E-state index contributed by atoms with van der Waals surface area (Å²) in [5.41, 5.74) is 2.66. The van der Waals surface area contributed by atoms with Crippen LogP contribution in [0.15, 0.2) is 66.0 Å². The molecule has 0 radical (unpaired) electrons. The molecule has 0 unspecified atom stereocenters. The molecule has 0 aliphatic heterocycles. The summed E-state index contributed by atoms with van der Waals surface area (Å²) < 4.78 is 9.35. The van der Waals surface area contributed by atoms with Gasteiger partial charge in [-0.2, -0.15) is 0 Å². The maximum absolute atomic E-state index is 9.76. The Hall–Kier alpha value is -3.63. The number of nitrogens with zero attached hydrogens (tertiary/aromatic N) is 5. The van der Waals surface area contributed by atoms with Crippen LogP contribution in [0.2, 0.25) is 0 Å². The van der Waals surface area contributed by atoms with Gasteiger partial charge in [0.2, 0.25) is 0 Å². The lowest BCUT2D eigenvalue weighted by molar-refractivity contribution is 0.184. The molecule has 1 N–H and O–H groups in total. The number of aromatic nitrogens is 5. The summed E-state index contributed by atoms with van der Waals surface area (Å²) in [4.78, 5) is 8.19. The van der Waals surface area contributed by atoms with E-state index in [4.69, 9.17) is 4.52 Å². The van der Waals surface area contributed by atoms with Crippen molar-refractivity contribution in [1.82, 2.24) is 24.3 Å². The van der Waals surface area contributed by atoms with Gasteiger partial charge in [-0.05, 0) is 31.2 Å². The quantitative estimate of drug-likeness (QED) is 0.514. The molecule has 1 atom stereocenters. The Morgan fingerprint density at radius 1 is 1.17 bits per heavy atom. The number of aliphatic hydroxyl groups is 1. The Kier molecular flexibility index (Phi) is 5.54. The second kappa shape index (κ2) is 8.59. The fourth-order valence-corrected chi connectivity index (χ4v) is 3.01. The first-order valence-electron chi connectivity index (χ1n) is 9.39. The Labute approximate surface area is 168 Å². The van der Waals surface area contributed by atoms with E-state index in [1.807, 2.05) is 51.9 Å². The molecule has 1 aromatic carbocycles. The van der Waals surface area contributed by atoms with Crippen LogP contribution in [-0.4, -0.2) is 29.4 Å².